The van der Waals surface area contributed by atoms with Gasteiger partial charge in [0.05, 0.1) is 29.1 Å². The van der Waals surface area contributed by atoms with E-state index in [-0.39, 0.29) is 0 Å². The summed E-state index contributed by atoms with van der Waals surface area (Å²) in [4.78, 5) is 9.00. The van der Waals surface area contributed by atoms with Crippen LogP contribution in [-0.4, -0.2) is 20.2 Å². The van der Waals surface area contributed by atoms with Crippen LogP contribution in [-0.2, 0) is 6.54 Å². The van der Waals surface area contributed by atoms with Crippen LogP contribution >= 0.6 is 0 Å². The molecule has 0 unspecified atom stereocenters. The van der Waals surface area contributed by atoms with Crippen LogP contribution < -0.4 is 5.32 Å². The third-order valence-electron chi connectivity index (χ3n) is 4.26. The zero-order chi connectivity index (χ0) is 17.9. The molecule has 5 nitrogen and oxygen atoms in total. The van der Waals surface area contributed by atoms with Gasteiger partial charge in [0.25, 0.3) is 0 Å². The average molecular weight is 341 g/mol. The smallest absolute Gasteiger partial charge is 0.0822 e. The van der Waals surface area contributed by atoms with E-state index in [1.54, 1.807) is 0 Å². The number of fused-ring (bicyclic) bond motifs is 1. The normalized spacial score (nSPS) is 10.8. The molecule has 5 heteroatoms. The summed E-state index contributed by atoms with van der Waals surface area (Å²) in [6, 6.07) is 16.3. The predicted octanol–water partition coefficient (Wildman–Crippen LogP) is 4.32. The van der Waals surface area contributed by atoms with Crippen molar-refractivity contribution in [3.8, 4) is 11.3 Å². The summed E-state index contributed by atoms with van der Waals surface area (Å²) in [5.41, 5.74) is 6.96. The van der Waals surface area contributed by atoms with Gasteiger partial charge in [-0.1, -0.05) is 12.1 Å². The van der Waals surface area contributed by atoms with E-state index < -0.39 is 0 Å². The molecule has 26 heavy (non-hydrogen) atoms. The lowest BCUT2D eigenvalue weighted by molar-refractivity contribution is 0.898. The van der Waals surface area contributed by atoms with Crippen molar-refractivity contribution in [3.63, 3.8) is 0 Å². The topological polar surface area (TPSA) is 63.6 Å². The van der Waals surface area contributed by atoms with Crippen molar-refractivity contribution in [1.82, 2.24) is 20.2 Å². The summed E-state index contributed by atoms with van der Waals surface area (Å²) in [7, 11) is 0. The highest BCUT2D eigenvalue weighted by atomic mass is 15.1. The van der Waals surface area contributed by atoms with Crippen molar-refractivity contribution >= 4 is 16.6 Å². The number of benzene rings is 1. The molecule has 0 saturated heterocycles. The lowest BCUT2D eigenvalue weighted by Gasteiger charge is -2.10. The van der Waals surface area contributed by atoms with Crippen LogP contribution in [0.15, 0.2) is 60.9 Å². The Labute approximate surface area is 152 Å². The number of pyridine rings is 2. The van der Waals surface area contributed by atoms with Gasteiger partial charge in [-0.3, -0.25) is 9.97 Å². The van der Waals surface area contributed by atoms with Crippen LogP contribution in [0.2, 0.25) is 0 Å². The Kier molecular flexibility index (Phi) is 4.27. The second-order valence-corrected chi connectivity index (χ2v) is 6.33. The van der Waals surface area contributed by atoms with Gasteiger partial charge in [0, 0.05) is 29.0 Å². The molecule has 0 bridgehead atoms. The largest absolute Gasteiger partial charge is 0.379 e. The number of aryl methyl sites for hydroxylation is 2. The number of hydrogen-bond donors (Lipinski definition) is 1. The Morgan fingerprint density at radius 2 is 1.81 bits per heavy atom. The van der Waals surface area contributed by atoms with Crippen LogP contribution in [0.25, 0.3) is 22.2 Å². The summed E-state index contributed by atoms with van der Waals surface area (Å²) >= 11 is 0. The van der Waals surface area contributed by atoms with Crippen molar-refractivity contribution in [1.29, 1.82) is 0 Å². The summed E-state index contributed by atoms with van der Waals surface area (Å²) in [6.07, 6.45) is 3.70. The number of nitrogens with zero attached hydrogens (tertiary/aromatic N) is 4. The Morgan fingerprint density at radius 1 is 0.885 bits per heavy atom. The van der Waals surface area contributed by atoms with Crippen LogP contribution in [0.3, 0.4) is 0 Å². The highest BCUT2D eigenvalue weighted by molar-refractivity contribution is 5.93. The molecule has 0 spiro atoms. The molecule has 0 amide bonds. The van der Waals surface area contributed by atoms with E-state index in [0.717, 1.165) is 44.8 Å². The monoisotopic (exact) mass is 341 g/mol. The van der Waals surface area contributed by atoms with Gasteiger partial charge in [0.15, 0.2) is 0 Å². The summed E-state index contributed by atoms with van der Waals surface area (Å²) in [5.74, 6) is 0. The van der Waals surface area contributed by atoms with Crippen LogP contribution in [0.5, 0.6) is 0 Å². The number of anilines is 1. The van der Waals surface area contributed by atoms with E-state index >= 15 is 0 Å². The molecular formula is C21H19N5. The third kappa shape index (κ3) is 3.37. The zero-order valence-corrected chi connectivity index (χ0v) is 14.8. The van der Waals surface area contributed by atoms with Gasteiger partial charge in [-0.15, -0.1) is 0 Å². The summed E-state index contributed by atoms with van der Waals surface area (Å²) in [5, 5.41) is 12.8. The number of aromatic nitrogens is 4. The Balaban J connectivity index is 1.66. The van der Waals surface area contributed by atoms with E-state index in [9.17, 15) is 0 Å². The van der Waals surface area contributed by atoms with Gasteiger partial charge in [0.1, 0.15) is 0 Å². The van der Waals surface area contributed by atoms with Crippen molar-refractivity contribution in [2.45, 2.75) is 20.4 Å². The van der Waals surface area contributed by atoms with Gasteiger partial charge in [-0.2, -0.15) is 10.2 Å². The maximum absolute atomic E-state index is 4.53. The molecule has 4 aromatic rings. The molecular weight excluding hydrogens is 322 g/mol. The molecule has 0 radical (unpaired) electrons. The average Bonchev–Trinajstić information content (AvgIpc) is 2.68. The first-order valence-corrected chi connectivity index (χ1v) is 8.54. The van der Waals surface area contributed by atoms with Crippen molar-refractivity contribution in [2.24, 2.45) is 0 Å². The SMILES string of the molecule is Cc1ccc(-c2ccc3nccc(NCc4ccc(C)nn4)c3c2)nc1. The van der Waals surface area contributed by atoms with Gasteiger partial charge >= 0.3 is 0 Å². The Morgan fingerprint density at radius 3 is 2.58 bits per heavy atom. The van der Waals surface area contributed by atoms with Crippen LogP contribution in [0.4, 0.5) is 5.69 Å². The Bertz CT molecular complexity index is 1040. The number of hydrogen-bond acceptors (Lipinski definition) is 5. The molecule has 0 aliphatic carbocycles. The van der Waals surface area contributed by atoms with E-state index in [1.807, 2.05) is 56.6 Å². The predicted molar refractivity (Wildman–Crippen MR) is 104 cm³/mol. The van der Waals surface area contributed by atoms with Gasteiger partial charge < -0.3 is 5.32 Å². The molecule has 1 aromatic carbocycles. The maximum atomic E-state index is 4.53. The van der Waals surface area contributed by atoms with Crippen LogP contribution in [0.1, 0.15) is 17.0 Å². The number of nitrogens with one attached hydrogen (secondary N) is 1. The molecule has 128 valence electrons. The Hall–Kier alpha value is -3.34. The molecule has 4 rings (SSSR count). The second-order valence-electron chi connectivity index (χ2n) is 6.33. The summed E-state index contributed by atoms with van der Waals surface area (Å²) in [6.45, 7) is 4.58. The van der Waals surface area contributed by atoms with E-state index in [0.29, 0.717) is 6.54 Å². The third-order valence-corrected chi connectivity index (χ3v) is 4.26. The minimum absolute atomic E-state index is 0.611. The summed E-state index contributed by atoms with van der Waals surface area (Å²) < 4.78 is 0. The molecule has 3 heterocycles. The van der Waals surface area contributed by atoms with Crippen molar-refractivity contribution < 1.29 is 0 Å². The first-order valence-electron chi connectivity index (χ1n) is 8.54. The minimum atomic E-state index is 0.611. The molecule has 0 aliphatic rings. The van der Waals surface area contributed by atoms with E-state index in [4.69, 9.17) is 0 Å². The van der Waals surface area contributed by atoms with Crippen molar-refractivity contribution in [3.05, 3.63) is 77.9 Å². The molecule has 0 atom stereocenters. The highest BCUT2D eigenvalue weighted by Crippen LogP contribution is 2.27. The fourth-order valence-corrected chi connectivity index (χ4v) is 2.80. The molecule has 3 aromatic heterocycles. The molecule has 0 saturated carbocycles. The van der Waals surface area contributed by atoms with E-state index in [2.05, 4.69) is 43.7 Å². The lowest BCUT2D eigenvalue weighted by Crippen LogP contribution is -2.04. The quantitative estimate of drug-likeness (QED) is 0.599. The highest BCUT2D eigenvalue weighted by Gasteiger charge is 2.06. The van der Waals surface area contributed by atoms with E-state index in [1.165, 1.54) is 0 Å². The second kappa shape index (κ2) is 6.88. The van der Waals surface area contributed by atoms with Crippen LogP contribution in [0, 0.1) is 13.8 Å². The van der Waals surface area contributed by atoms with Gasteiger partial charge in [-0.05, 0) is 55.8 Å². The minimum Gasteiger partial charge on any atom is -0.379 e. The molecule has 1 N–H and O–H groups in total. The zero-order valence-electron chi connectivity index (χ0n) is 14.8. The molecule has 0 aliphatic heterocycles. The standard InChI is InChI=1S/C21H19N5/c1-14-3-7-19(23-12-14)16-5-8-20-18(11-16)21(9-10-22-20)24-13-17-6-4-15(2)25-26-17/h3-12H,13H2,1-2H3,(H,22,24). The first kappa shape index (κ1) is 16.1. The lowest BCUT2D eigenvalue weighted by atomic mass is 10.1. The van der Waals surface area contributed by atoms with Gasteiger partial charge in [0.2, 0.25) is 0 Å². The van der Waals surface area contributed by atoms with Gasteiger partial charge in [-0.25, -0.2) is 0 Å². The fraction of sp³-hybridized carbons (Fsp3) is 0.143. The fourth-order valence-electron chi connectivity index (χ4n) is 2.80. The number of rotatable bonds is 4. The molecule has 0 fully saturated rings. The maximum Gasteiger partial charge on any atom is 0.0822 e. The first-order chi connectivity index (χ1) is 12.7. The van der Waals surface area contributed by atoms with Crippen molar-refractivity contribution in [2.75, 3.05) is 5.32 Å².